The standard InChI is InChI=1S/C10H14N4O4/c1-17-8-7(15)5(4-11)18-9(8)14-3-2-6(12)13-10(14)16/h2-3,5,9,15H,4,11H2,1H3,(H2,12,13,16)/t5-,9-/m1/s1. The molecule has 0 aliphatic carbocycles. The van der Waals surface area contributed by atoms with Gasteiger partial charge in [0.2, 0.25) is 0 Å². The summed E-state index contributed by atoms with van der Waals surface area (Å²) in [5.41, 5.74) is 10.2. The molecule has 2 heterocycles. The van der Waals surface area contributed by atoms with E-state index in [-0.39, 0.29) is 23.9 Å². The molecule has 98 valence electrons. The first-order chi connectivity index (χ1) is 8.58. The van der Waals surface area contributed by atoms with E-state index in [0.29, 0.717) is 0 Å². The number of hydrogen-bond donors (Lipinski definition) is 3. The van der Waals surface area contributed by atoms with E-state index in [1.165, 1.54) is 23.9 Å². The van der Waals surface area contributed by atoms with Crippen molar-refractivity contribution in [1.29, 1.82) is 0 Å². The highest BCUT2D eigenvalue weighted by Gasteiger charge is 2.37. The van der Waals surface area contributed by atoms with Crippen LogP contribution in [0.4, 0.5) is 5.82 Å². The fraction of sp³-hybridized carbons (Fsp3) is 0.400. The minimum Gasteiger partial charge on any atom is -0.506 e. The molecule has 0 aromatic carbocycles. The Bertz CT molecular complexity index is 539. The SMILES string of the molecule is COC1=C(O)[C@@H](CN)O[C@H]1n1ccc(N)nc1=O. The van der Waals surface area contributed by atoms with Gasteiger partial charge in [-0.2, -0.15) is 4.98 Å². The highest BCUT2D eigenvalue weighted by molar-refractivity contribution is 5.24. The van der Waals surface area contributed by atoms with Gasteiger partial charge >= 0.3 is 5.69 Å². The van der Waals surface area contributed by atoms with Crippen LogP contribution >= 0.6 is 0 Å². The van der Waals surface area contributed by atoms with Crippen LogP contribution in [0.2, 0.25) is 0 Å². The largest absolute Gasteiger partial charge is 0.506 e. The Morgan fingerprint density at radius 2 is 2.39 bits per heavy atom. The van der Waals surface area contributed by atoms with Crippen molar-refractivity contribution < 1.29 is 14.6 Å². The van der Waals surface area contributed by atoms with Crippen molar-refractivity contribution in [2.24, 2.45) is 5.73 Å². The van der Waals surface area contributed by atoms with E-state index in [0.717, 1.165) is 0 Å². The van der Waals surface area contributed by atoms with Crippen molar-refractivity contribution in [2.45, 2.75) is 12.3 Å². The van der Waals surface area contributed by atoms with Crippen LogP contribution in [-0.4, -0.2) is 34.4 Å². The van der Waals surface area contributed by atoms with Gasteiger partial charge in [-0.25, -0.2) is 4.79 Å². The van der Waals surface area contributed by atoms with E-state index in [1.807, 2.05) is 0 Å². The second-order valence-electron chi connectivity index (χ2n) is 3.71. The number of anilines is 1. The van der Waals surface area contributed by atoms with Crippen LogP contribution in [0.3, 0.4) is 0 Å². The highest BCUT2D eigenvalue weighted by atomic mass is 16.6. The van der Waals surface area contributed by atoms with E-state index >= 15 is 0 Å². The number of ether oxygens (including phenoxy) is 2. The van der Waals surface area contributed by atoms with Crippen molar-refractivity contribution in [3.05, 3.63) is 34.3 Å². The number of aliphatic hydroxyl groups is 1. The summed E-state index contributed by atoms with van der Waals surface area (Å²) < 4.78 is 11.6. The van der Waals surface area contributed by atoms with E-state index in [1.54, 1.807) is 0 Å². The van der Waals surface area contributed by atoms with Gasteiger partial charge in [0.25, 0.3) is 0 Å². The molecule has 0 unspecified atom stereocenters. The molecule has 1 aromatic rings. The maximum Gasteiger partial charge on any atom is 0.351 e. The molecule has 2 atom stereocenters. The van der Waals surface area contributed by atoms with Gasteiger partial charge in [0.05, 0.1) is 7.11 Å². The quantitative estimate of drug-likeness (QED) is 0.638. The van der Waals surface area contributed by atoms with Gasteiger partial charge in [-0.3, -0.25) is 4.57 Å². The van der Waals surface area contributed by atoms with Crippen molar-refractivity contribution in [3.8, 4) is 0 Å². The molecule has 0 bridgehead atoms. The summed E-state index contributed by atoms with van der Waals surface area (Å²) in [6, 6.07) is 1.45. The Morgan fingerprint density at radius 3 is 2.94 bits per heavy atom. The summed E-state index contributed by atoms with van der Waals surface area (Å²) >= 11 is 0. The summed E-state index contributed by atoms with van der Waals surface area (Å²) in [6.07, 6.45) is -0.167. The van der Waals surface area contributed by atoms with E-state index in [2.05, 4.69) is 4.98 Å². The van der Waals surface area contributed by atoms with Crippen molar-refractivity contribution in [2.75, 3.05) is 19.4 Å². The molecule has 0 fully saturated rings. The number of aliphatic hydroxyl groups excluding tert-OH is 1. The van der Waals surface area contributed by atoms with Gasteiger partial charge in [0.15, 0.2) is 17.7 Å². The predicted octanol–water partition coefficient (Wildman–Crippen LogP) is -0.902. The molecule has 2 rings (SSSR count). The number of nitrogen functional groups attached to an aromatic ring is 1. The zero-order valence-corrected chi connectivity index (χ0v) is 9.74. The van der Waals surface area contributed by atoms with Gasteiger partial charge < -0.3 is 26.0 Å². The second-order valence-corrected chi connectivity index (χ2v) is 3.71. The minimum atomic E-state index is -0.885. The number of hydrogen-bond acceptors (Lipinski definition) is 7. The summed E-state index contributed by atoms with van der Waals surface area (Å²) in [7, 11) is 1.37. The average Bonchev–Trinajstić information content (AvgIpc) is 2.65. The lowest BCUT2D eigenvalue weighted by molar-refractivity contribution is -0.0148. The first-order valence-electron chi connectivity index (χ1n) is 5.25. The summed E-state index contributed by atoms with van der Waals surface area (Å²) in [5.74, 6) is 0.129. The number of methoxy groups -OCH3 is 1. The summed E-state index contributed by atoms with van der Waals surface area (Å²) in [4.78, 5) is 15.3. The third-order valence-electron chi connectivity index (χ3n) is 2.61. The monoisotopic (exact) mass is 254 g/mol. The normalized spacial score (nSPS) is 23.4. The Hall–Kier alpha value is -2.06. The van der Waals surface area contributed by atoms with Crippen LogP contribution in [0.15, 0.2) is 28.6 Å². The molecule has 5 N–H and O–H groups in total. The third-order valence-corrected chi connectivity index (χ3v) is 2.61. The lowest BCUT2D eigenvalue weighted by Crippen LogP contribution is -2.30. The first-order valence-corrected chi connectivity index (χ1v) is 5.25. The molecule has 0 saturated heterocycles. The lowest BCUT2D eigenvalue weighted by Gasteiger charge is -2.16. The summed E-state index contributed by atoms with van der Waals surface area (Å²) in [6.45, 7) is 0.0757. The van der Waals surface area contributed by atoms with Crippen LogP contribution in [-0.2, 0) is 9.47 Å². The first kappa shape index (κ1) is 12.4. The Kier molecular flexibility index (Phi) is 3.21. The zero-order valence-electron chi connectivity index (χ0n) is 9.74. The molecule has 1 aliphatic rings. The molecule has 0 saturated carbocycles. The molecule has 18 heavy (non-hydrogen) atoms. The van der Waals surface area contributed by atoms with Crippen LogP contribution in [0.25, 0.3) is 0 Å². The lowest BCUT2D eigenvalue weighted by atomic mass is 10.3. The van der Waals surface area contributed by atoms with Crippen molar-refractivity contribution >= 4 is 5.82 Å². The van der Waals surface area contributed by atoms with Gasteiger partial charge in [-0.15, -0.1) is 0 Å². The van der Waals surface area contributed by atoms with Crippen LogP contribution in [0.5, 0.6) is 0 Å². The Balaban J connectivity index is 2.43. The highest BCUT2D eigenvalue weighted by Crippen LogP contribution is 2.32. The minimum absolute atomic E-state index is 0.0757. The topological polar surface area (TPSA) is 126 Å². The third kappa shape index (κ3) is 1.91. The smallest absolute Gasteiger partial charge is 0.351 e. The maximum absolute atomic E-state index is 11.7. The molecule has 1 aliphatic heterocycles. The fourth-order valence-electron chi connectivity index (χ4n) is 1.74. The number of nitrogens with zero attached hydrogens (tertiary/aromatic N) is 2. The molecule has 1 aromatic heterocycles. The molecule has 0 amide bonds. The van der Waals surface area contributed by atoms with Gasteiger partial charge in [-0.05, 0) is 6.07 Å². The van der Waals surface area contributed by atoms with Crippen LogP contribution in [0.1, 0.15) is 6.23 Å². The molecule has 0 spiro atoms. The number of nitrogens with two attached hydrogens (primary N) is 2. The fourth-order valence-corrected chi connectivity index (χ4v) is 1.74. The Labute approximate surface area is 102 Å². The van der Waals surface area contributed by atoms with Crippen LogP contribution in [0, 0.1) is 0 Å². The van der Waals surface area contributed by atoms with Crippen LogP contribution < -0.4 is 17.2 Å². The maximum atomic E-state index is 11.7. The molecule has 0 radical (unpaired) electrons. The molecular formula is C10H14N4O4. The number of rotatable bonds is 3. The Morgan fingerprint density at radius 1 is 1.67 bits per heavy atom. The molecular weight excluding hydrogens is 240 g/mol. The van der Waals surface area contributed by atoms with Gasteiger partial charge in [0.1, 0.15) is 11.9 Å². The summed E-state index contributed by atoms with van der Waals surface area (Å²) in [5, 5.41) is 9.82. The second kappa shape index (κ2) is 4.67. The van der Waals surface area contributed by atoms with Crippen molar-refractivity contribution in [1.82, 2.24) is 9.55 Å². The van der Waals surface area contributed by atoms with E-state index in [9.17, 15) is 9.90 Å². The van der Waals surface area contributed by atoms with Gasteiger partial charge in [-0.1, -0.05) is 0 Å². The van der Waals surface area contributed by atoms with Gasteiger partial charge in [0, 0.05) is 12.7 Å². The molecule has 8 nitrogen and oxygen atoms in total. The van der Waals surface area contributed by atoms with Crippen molar-refractivity contribution in [3.63, 3.8) is 0 Å². The molecule has 8 heteroatoms. The average molecular weight is 254 g/mol. The zero-order chi connectivity index (χ0) is 13.3. The number of aromatic nitrogens is 2. The van der Waals surface area contributed by atoms with E-state index in [4.69, 9.17) is 20.9 Å². The predicted molar refractivity (Wildman–Crippen MR) is 62.5 cm³/mol. The van der Waals surface area contributed by atoms with E-state index < -0.39 is 18.0 Å².